The van der Waals surface area contributed by atoms with Crippen molar-refractivity contribution in [3.05, 3.63) is 23.8 Å². The van der Waals surface area contributed by atoms with Gasteiger partial charge in [-0.3, -0.25) is 0 Å². The number of hydrogen-bond acceptors (Lipinski definition) is 5. The van der Waals surface area contributed by atoms with E-state index in [1.165, 1.54) is 6.26 Å². The van der Waals surface area contributed by atoms with Crippen LogP contribution >= 0.6 is 0 Å². The maximum absolute atomic E-state index is 11.5. The minimum absolute atomic E-state index is 0.362. The standard InChI is InChI=1S/C12H21N3O2S/c1-9(2)7-13-8-11-5-6-14-12(15-11)10(3)18(4,16)17/h5-6,9-10,13H,7-8H2,1-4H3. The number of sulfone groups is 1. The number of nitrogens with one attached hydrogen (secondary N) is 1. The summed E-state index contributed by atoms with van der Waals surface area (Å²) in [7, 11) is -3.15. The van der Waals surface area contributed by atoms with Gasteiger partial charge in [0.2, 0.25) is 0 Å². The van der Waals surface area contributed by atoms with E-state index in [1.54, 1.807) is 19.2 Å². The van der Waals surface area contributed by atoms with Gasteiger partial charge in [0, 0.05) is 19.0 Å². The van der Waals surface area contributed by atoms with Crippen molar-refractivity contribution in [3.8, 4) is 0 Å². The minimum atomic E-state index is -3.15. The van der Waals surface area contributed by atoms with Crippen LogP contribution in [0.1, 0.15) is 37.5 Å². The molecule has 0 saturated heterocycles. The third kappa shape index (κ3) is 4.70. The second-order valence-corrected chi connectivity index (χ2v) is 7.27. The quantitative estimate of drug-likeness (QED) is 0.845. The molecule has 0 aliphatic rings. The predicted octanol–water partition coefficient (Wildman–Crippen LogP) is 1.33. The van der Waals surface area contributed by atoms with E-state index >= 15 is 0 Å². The van der Waals surface area contributed by atoms with Crippen LogP contribution in [0.3, 0.4) is 0 Å². The first kappa shape index (κ1) is 15.0. The van der Waals surface area contributed by atoms with Crippen LogP contribution in [-0.4, -0.2) is 31.2 Å². The predicted molar refractivity (Wildman–Crippen MR) is 71.8 cm³/mol. The van der Waals surface area contributed by atoms with Crippen LogP contribution in [0.4, 0.5) is 0 Å². The molecule has 1 N–H and O–H groups in total. The van der Waals surface area contributed by atoms with E-state index in [4.69, 9.17) is 0 Å². The third-order valence-corrected chi connectivity index (χ3v) is 4.09. The molecule has 18 heavy (non-hydrogen) atoms. The summed E-state index contributed by atoms with van der Waals surface area (Å²) in [6.45, 7) is 7.40. The summed E-state index contributed by atoms with van der Waals surface area (Å²) in [5.74, 6) is 0.933. The summed E-state index contributed by atoms with van der Waals surface area (Å²) in [5, 5.41) is 2.60. The van der Waals surface area contributed by atoms with Gasteiger partial charge < -0.3 is 5.32 Å². The molecule has 6 heteroatoms. The molecule has 0 aliphatic heterocycles. The SMILES string of the molecule is CC(C)CNCc1ccnc(C(C)S(C)(=O)=O)n1. The zero-order valence-corrected chi connectivity index (χ0v) is 12.2. The molecule has 1 unspecified atom stereocenters. The molecule has 0 bridgehead atoms. The van der Waals surface area contributed by atoms with Crippen LogP contribution in [0.5, 0.6) is 0 Å². The van der Waals surface area contributed by atoms with Crippen LogP contribution in [0, 0.1) is 5.92 Å². The van der Waals surface area contributed by atoms with Gasteiger partial charge in [-0.1, -0.05) is 13.8 Å². The van der Waals surface area contributed by atoms with Crippen LogP contribution in [0.25, 0.3) is 0 Å². The highest BCUT2D eigenvalue weighted by molar-refractivity contribution is 7.90. The van der Waals surface area contributed by atoms with E-state index in [1.807, 2.05) is 0 Å². The van der Waals surface area contributed by atoms with Crippen LogP contribution in [0.15, 0.2) is 12.3 Å². The highest BCUT2D eigenvalue weighted by Gasteiger charge is 2.20. The van der Waals surface area contributed by atoms with Crippen molar-refractivity contribution < 1.29 is 8.42 Å². The van der Waals surface area contributed by atoms with Crippen molar-refractivity contribution in [1.29, 1.82) is 0 Å². The van der Waals surface area contributed by atoms with Gasteiger partial charge in [0.1, 0.15) is 11.1 Å². The van der Waals surface area contributed by atoms with Crippen LogP contribution in [0.2, 0.25) is 0 Å². The minimum Gasteiger partial charge on any atom is -0.311 e. The smallest absolute Gasteiger partial charge is 0.157 e. The van der Waals surface area contributed by atoms with Crippen molar-refractivity contribution >= 4 is 9.84 Å². The first-order valence-corrected chi connectivity index (χ1v) is 7.97. The van der Waals surface area contributed by atoms with Crippen molar-refractivity contribution in [3.63, 3.8) is 0 Å². The summed E-state index contributed by atoms with van der Waals surface area (Å²) in [6, 6.07) is 1.80. The Morgan fingerprint density at radius 3 is 2.56 bits per heavy atom. The topological polar surface area (TPSA) is 72.0 Å². The Balaban J connectivity index is 2.74. The van der Waals surface area contributed by atoms with E-state index in [0.29, 0.717) is 18.3 Å². The monoisotopic (exact) mass is 271 g/mol. The molecule has 102 valence electrons. The molecule has 1 heterocycles. The number of hydrogen-bond donors (Lipinski definition) is 1. The lowest BCUT2D eigenvalue weighted by Crippen LogP contribution is -2.20. The van der Waals surface area contributed by atoms with E-state index in [0.717, 1.165) is 12.2 Å². The molecule has 0 aliphatic carbocycles. The largest absolute Gasteiger partial charge is 0.311 e. The number of nitrogens with zero attached hydrogens (tertiary/aromatic N) is 2. The van der Waals surface area contributed by atoms with Gasteiger partial charge >= 0.3 is 0 Å². The van der Waals surface area contributed by atoms with E-state index in [2.05, 4.69) is 29.1 Å². The zero-order chi connectivity index (χ0) is 13.8. The average Bonchev–Trinajstić information content (AvgIpc) is 2.26. The maximum Gasteiger partial charge on any atom is 0.157 e. The molecule has 1 atom stereocenters. The molecule has 0 saturated carbocycles. The highest BCUT2D eigenvalue weighted by Crippen LogP contribution is 2.16. The molecular formula is C12H21N3O2S. The Labute approximate surface area is 109 Å². The fraction of sp³-hybridized carbons (Fsp3) is 0.667. The third-order valence-electron chi connectivity index (χ3n) is 2.60. The van der Waals surface area contributed by atoms with Crippen LogP contribution in [-0.2, 0) is 16.4 Å². The Hall–Kier alpha value is -1.01. The van der Waals surface area contributed by atoms with E-state index in [9.17, 15) is 8.42 Å². The van der Waals surface area contributed by atoms with Gasteiger partial charge in [0.25, 0.3) is 0 Å². The summed E-state index contributed by atoms with van der Waals surface area (Å²) in [5.41, 5.74) is 0.816. The normalized spacial score (nSPS) is 13.8. The number of rotatable bonds is 6. The first-order chi connectivity index (χ1) is 8.30. The number of aromatic nitrogens is 2. The Kier molecular flexibility index (Phi) is 5.22. The molecule has 1 aromatic heterocycles. The Morgan fingerprint density at radius 2 is 2.00 bits per heavy atom. The first-order valence-electron chi connectivity index (χ1n) is 6.02. The summed E-state index contributed by atoms with van der Waals surface area (Å²) in [4.78, 5) is 8.31. The second kappa shape index (κ2) is 6.24. The van der Waals surface area contributed by atoms with Gasteiger partial charge in [-0.15, -0.1) is 0 Å². The van der Waals surface area contributed by atoms with E-state index in [-0.39, 0.29) is 0 Å². The van der Waals surface area contributed by atoms with Gasteiger partial charge in [0.05, 0.1) is 5.69 Å². The fourth-order valence-electron chi connectivity index (χ4n) is 1.39. The molecule has 1 rings (SSSR count). The van der Waals surface area contributed by atoms with Crippen LogP contribution < -0.4 is 5.32 Å². The molecular weight excluding hydrogens is 250 g/mol. The van der Waals surface area contributed by atoms with Gasteiger partial charge in [-0.25, -0.2) is 18.4 Å². The van der Waals surface area contributed by atoms with Gasteiger partial charge in [0.15, 0.2) is 9.84 Å². The van der Waals surface area contributed by atoms with Crippen molar-refractivity contribution in [2.45, 2.75) is 32.6 Å². The summed E-state index contributed by atoms with van der Waals surface area (Å²) < 4.78 is 22.9. The zero-order valence-electron chi connectivity index (χ0n) is 11.3. The summed E-state index contributed by atoms with van der Waals surface area (Å²) in [6.07, 6.45) is 2.81. The van der Waals surface area contributed by atoms with Crippen molar-refractivity contribution in [2.75, 3.05) is 12.8 Å². The lowest BCUT2D eigenvalue weighted by atomic mass is 10.2. The lowest BCUT2D eigenvalue weighted by Gasteiger charge is -2.10. The maximum atomic E-state index is 11.5. The summed E-state index contributed by atoms with van der Waals surface area (Å²) >= 11 is 0. The fourth-order valence-corrected chi connectivity index (χ4v) is 1.88. The highest BCUT2D eigenvalue weighted by atomic mass is 32.2. The van der Waals surface area contributed by atoms with Gasteiger partial charge in [-0.05, 0) is 25.5 Å². The van der Waals surface area contributed by atoms with Crippen molar-refractivity contribution in [2.24, 2.45) is 5.92 Å². The second-order valence-electron chi connectivity index (χ2n) is 4.90. The Morgan fingerprint density at radius 1 is 1.33 bits per heavy atom. The van der Waals surface area contributed by atoms with E-state index < -0.39 is 15.1 Å². The lowest BCUT2D eigenvalue weighted by molar-refractivity contribution is 0.546. The molecule has 0 aromatic carbocycles. The molecule has 0 fully saturated rings. The molecule has 5 nitrogen and oxygen atoms in total. The molecule has 1 aromatic rings. The molecule has 0 radical (unpaired) electrons. The van der Waals surface area contributed by atoms with Crippen molar-refractivity contribution in [1.82, 2.24) is 15.3 Å². The Bertz CT molecular complexity index is 486. The van der Waals surface area contributed by atoms with Gasteiger partial charge in [-0.2, -0.15) is 0 Å². The average molecular weight is 271 g/mol. The molecule has 0 spiro atoms. The molecule has 0 amide bonds.